The first-order valence-corrected chi connectivity index (χ1v) is 6.14. The van der Waals surface area contributed by atoms with Gasteiger partial charge in [-0.15, -0.1) is 0 Å². The van der Waals surface area contributed by atoms with E-state index in [4.69, 9.17) is 31.9 Å². The first-order valence-electron chi connectivity index (χ1n) is 5.76. The van der Waals surface area contributed by atoms with Crippen LogP contribution in [0, 0.1) is 0 Å². The van der Waals surface area contributed by atoms with E-state index < -0.39 is 11.9 Å². The summed E-state index contributed by atoms with van der Waals surface area (Å²) in [5, 5.41) is 9.20. The fourth-order valence-electron chi connectivity index (χ4n) is 1.95. The fourth-order valence-corrected chi connectivity index (χ4v) is 2.24. The Kier molecular flexibility index (Phi) is 4.31. The SMILES string of the molecule is NC(=O)CN(CC(=O)O)Cc1cc(Cl)c2c(c1)OCO2. The normalized spacial score (nSPS) is 12.7. The Morgan fingerprint density at radius 1 is 1.35 bits per heavy atom. The minimum absolute atomic E-state index is 0.0959. The van der Waals surface area contributed by atoms with Crippen molar-refractivity contribution in [2.24, 2.45) is 5.73 Å². The van der Waals surface area contributed by atoms with Crippen LogP contribution in [-0.4, -0.2) is 41.8 Å². The van der Waals surface area contributed by atoms with E-state index in [-0.39, 0.29) is 26.4 Å². The van der Waals surface area contributed by atoms with Crippen molar-refractivity contribution >= 4 is 23.5 Å². The van der Waals surface area contributed by atoms with Crippen LogP contribution in [0.1, 0.15) is 5.56 Å². The van der Waals surface area contributed by atoms with Crippen molar-refractivity contribution < 1.29 is 24.2 Å². The molecule has 1 heterocycles. The Balaban J connectivity index is 2.15. The second kappa shape index (κ2) is 5.98. The molecule has 0 saturated heterocycles. The van der Waals surface area contributed by atoms with Crippen LogP contribution in [0.4, 0.5) is 0 Å². The predicted molar refractivity (Wildman–Crippen MR) is 69.7 cm³/mol. The summed E-state index contributed by atoms with van der Waals surface area (Å²) in [6.45, 7) is -0.141. The maximum Gasteiger partial charge on any atom is 0.317 e. The van der Waals surface area contributed by atoms with Crippen LogP contribution in [0.2, 0.25) is 5.02 Å². The van der Waals surface area contributed by atoms with Gasteiger partial charge in [-0.05, 0) is 17.7 Å². The van der Waals surface area contributed by atoms with E-state index in [1.165, 1.54) is 4.90 Å². The lowest BCUT2D eigenvalue weighted by Gasteiger charge is -2.18. The topological polar surface area (TPSA) is 102 Å². The van der Waals surface area contributed by atoms with Crippen molar-refractivity contribution in [1.29, 1.82) is 0 Å². The molecule has 0 spiro atoms. The quantitative estimate of drug-likeness (QED) is 0.790. The van der Waals surface area contributed by atoms with Gasteiger partial charge in [0.25, 0.3) is 0 Å². The number of carboxylic acid groups (broad SMARTS) is 1. The highest BCUT2D eigenvalue weighted by molar-refractivity contribution is 6.32. The lowest BCUT2D eigenvalue weighted by atomic mass is 10.2. The third-order valence-corrected chi connectivity index (χ3v) is 2.91. The van der Waals surface area contributed by atoms with Gasteiger partial charge in [0.1, 0.15) is 0 Å². The summed E-state index contributed by atoms with van der Waals surface area (Å²) in [6.07, 6.45) is 0. The number of ether oxygens (including phenoxy) is 2. The molecule has 1 aromatic rings. The van der Waals surface area contributed by atoms with Gasteiger partial charge in [0, 0.05) is 6.54 Å². The highest BCUT2D eigenvalue weighted by Gasteiger charge is 2.20. The average molecular weight is 301 g/mol. The van der Waals surface area contributed by atoms with Crippen LogP contribution in [0.3, 0.4) is 0 Å². The number of aliphatic carboxylic acids is 1. The number of carbonyl (C=O) groups is 2. The molecule has 0 aliphatic carbocycles. The highest BCUT2D eigenvalue weighted by atomic mass is 35.5. The molecule has 0 bridgehead atoms. The summed E-state index contributed by atoms with van der Waals surface area (Å²) in [5.41, 5.74) is 5.81. The number of rotatable bonds is 6. The predicted octanol–water partition coefficient (Wildman–Crippen LogP) is 0.441. The third kappa shape index (κ3) is 3.52. The van der Waals surface area contributed by atoms with Crippen LogP contribution in [0.5, 0.6) is 11.5 Å². The number of fused-ring (bicyclic) bond motifs is 1. The van der Waals surface area contributed by atoms with Gasteiger partial charge >= 0.3 is 5.97 Å². The Bertz CT molecular complexity index is 533. The summed E-state index contributed by atoms with van der Waals surface area (Å²) in [6, 6.07) is 3.34. The zero-order valence-corrected chi connectivity index (χ0v) is 11.2. The van der Waals surface area contributed by atoms with E-state index in [9.17, 15) is 9.59 Å². The second-order valence-electron chi connectivity index (χ2n) is 4.32. The largest absolute Gasteiger partial charge is 0.480 e. The van der Waals surface area contributed by atoms with Crippen molar-refractivity contribution in [2.45, 2.75) is 6.54 Å². The molecular weight excluding hydrogens is 288 g/mol. The molecule has 1 amide bonds. The molecule has 20 heavy (non-hydrogen) atoms. The number of nitrogens with zero attached hydrogens (tertiary/aromatic N) is 1. The zero-order valence-electron chi connectivity index (χ0n) is 10.5. The summed E-state index contributed by atoms with van der Waals surface area (Å²) in [5.74, 6) is -0.673. The Morgan fingerprint density at radius 3 is 2.75 bits per heavy atom. The number of hydrogen-bond donors (Lipinski definition) is 2. The third-order valence-electron chi connectivity index (χ3n) is 2.63. The summed E-state index contributed by atoms with van der Waals surface area (Å²) in [4.78, 5) is 23.1. The number of nitrogens with two attached hydrogens (primary N) is 1. The molecule has 0 fully saturated rings. The van der Waals surface area contributed by atoms with Crippen molar-refractivity contribution in [2.75, 3.05) is 19.9 Å². The Hall–Kier alpha value is -1.99. The first-order chi connectivity index (χ1) is 9.45. The fraction of sp³-hybridized carbons (Fsp3) is 0.333. The number of hydrogen-bond acceptors (Lipinski definition) is 5. The number of carbonyl (C=O) groups excluding carboxylic acids is 1. The van der Waals surface area contributed by atoms with Crippen molar-refractivity contribution in [3.63, 3.8) is 0 Å². The molecule has 0 atom stereocenters. The van der Waals surface area contributed by atoms with E-state index in [1.807, 2.05) is 0 Å². The first kappa shape index (κ1) is 14.4. The average Bonchev–Trinajstić information content (AvgIpc) is 2.75. The number of primary amides is 1. The Labute approximate surface area is 119 Å². The Morgan fingerprint density at radius 2 is 2.10 bits per heavy atom. The molecule has 0 aromatic heterocycles. The second-order valence-corrected chi connectivity index (χ2v) is 4.72. The van der Waals surface area contributed by atoms with Crippen molar-refractivity contribution in [3.8, 4) is 11.5 Å². The maximum absolute atomic E-state index is 11.0. The van der Waals surface area contributed by atoms with Gasteiger partial charge in [0.15, 0.2) is 11.5 Å². The molecule has 1 aliphatic rings. The monoisotopic (exact) mass is 300 g/mol. The van der Waals surface area contributed by atoms with E-state index in [0.717, 1.165) is 0 Å². The van der Waals surface area contributed by atoms with Crippen molar-refractivity contribution in [3.05, 3.63) is 22.7 Å². The molecule has 3 N–H and O–H groups in total. The van der Waals surface area contributed by atoms with E-state index in [1.54, 1.807) is 12.1 Å². The van der Waals surface area contributed by atoms with Crippen LogP contribution < -0.4 is 15.2 Å². The van der Waals surface area contributed by atoms with Gasteiger partial charge in [0.2, 0.25) is 12.7 Å². The van der Waals surface area contributed by atoms with Gasteiger partial charge < -0.3 is 20.3 Å². The number of halogens is 1. The standard InChI is InChI=1S/C12H13ClN2O5/c13-8-1-7(2-9-12(8)20-6-19-9)3-15(4-10(14)16)5-11(17)18/h1-2H,3-6H2,(H2,14,16)(H,17,18). The molecule has 7 nitrogen and oxygen atoms in total. The molecule has 0 radical (unpaired) electrons. The minimum Gasteiger partial charge on any atom is -0.480 e. The van der Waals surface area contributed by atoms with Gasteiger partial charge in [-0.1, -0.05) is 11.6 Å². The molecule has 8 heteroatoms. The van der Waals surface area contributed by atoms with Gasteiger partial charge in [-0.25, -0.2) is 0 Å². The molecule has 2 rings (SSSR count). The van der Waals surface area contributed by atoms with E-state index in [0.29, 0.717) is 22.1 Å². The number of benzene rings is 1. The molecule has 0 unspecified atom stereocenters. The van der Waals surface area contributed by atoms with Gasteiger partial charge in [-0.2, -0.15) is 0 Å². The van der Waals surface area contributed by atoms with Crippen LogP contribution >= 0.6 is 11.6 Å². The van der Waals surface area contributed by atoms with Crippen LogP contribution in [0.25, 0.3) is 0 Å². The molecular formula is C12H13ClN2O5. The van der Waals surface area contributed by atoms with E-state index >= 15 is 0 Å². The highest BCUT2D eigenvalue weighted by Crippen LogP contribution is 2.39. The van der Waals surface area contributed by atoms with Crippen molar-refractivity contribution in [1.82, 2.24) is 4.90 Å². The summed E-state index contributed by atoms with van der Waals surface area (Å²) >= 11 is 6.04. The lowest BCUT2D eigenvalue weighted by molar-refractivity contribution is -0.138. The summed E-state index contributed by atoms with van der Waals surface area (Å²) in [7, 11) is 0. The number of amides is 1. The minimum atomic E-state index is -1.04. The maximum atomic E-state index is 11.0. The van der Waals surface area contributed by atoms with E-state index in [2.05, 4.69) is 0 Å². The van der Waals surface area contributed by atoms with Gasteiger partial charge in [0.05, 0.1) is 18.1 Å². The van der Waals surface area contributed by atoms with Crippen LogP contribution in [0.15, 0.2) is 12.1 Å². The van der Waals surface area contributed by atoms with Gasteiger partial charge in [-0.3, -0.25) is 14.5 Å². The smallest absolute Gasteiger partial charge is 0.317 e. The molecule has 0 saturated carbocycles. The summed E-state index contributed by atoms with van der Waals surface area (Å²) < 4.78 is 10.4. The van der Waals surface area contributed by atoms with Crippen LogP contribution in [-0.2, 0) is 16.1 Å². The molecule has 108 valence electrons. The lowest BCUT2D eigenvalue weighted by Crippen LogP contribution is -2.36. The zero-order chi connectivity index (χ0) is 14.7. The molecule has 1 aromatic carbocycles. The molecule has 1 aliphatic heterocycles. The number of carboxylic acids is 1.